The van der Waals surface area contributed by atoms with Crippen LogP contribution in [0.1, 0.15) is 46.5 Å². The standard InChI is InChI=1S/C16H27NO5/c1-16(2,3)22-15(19)11-17-12-5-7-13(8-6-12)21-10-9-14(18)20-4/h9-10,12-13,17H,5-8,11H2,1-4H3. The van der Waals surface area contributed by atoms with Crippen LogP contribution in [-0.2, 0) is 23.8 Å². The molecule has 6 nitrogen and oxygen atoms in total. The zero-order valence-electron chi connectivity index (χ0n) is 13.9. The summed E-state index contributed by atoms with van der Waals surface area (Å²) in [5.74, 6) is -0.653. The first kappa shape index (κ1) is 18.5. The third-order valence-electron chi connectivity index (χ3n) is 3.31. The zero-order chi connectivity index (χ0) is 16.6. The second-order valence-corrected chi connectivity index (χ2v) is 6.40. The van der Waals surface area contributed by atoms with E-state index in [0.717, 1.165) is 25.7 Å². The van der Waals surface area contributed by atoms with E-state index in [1.807, 2.05) is 20.8 Å². The van der Waals surface area contributed by atoms with Gasteiger partial charge in [-0.2, -0.15) is 0 Å². The maximum absolute atomic E-state index is 11.6. The Labute approximate surface area is 132 Å². The van der Waals surface area contributed by atoms with Gasteiger partial charge in [0.05, 0.1) is 32.1 Å². The summed E-state index contributed by atoms with van der Waals surface area (Å²) in [4.78, 5) is 22.5. The number of carbonyl (C=O) groups excluding carboxylic acids is 2. The van der Waals surface area contributed by atoms with Gasteiger partial charge in [0, 0.05) is 6.04 Å². The van der Waals surface area contributed by atoms with Gasteiger partial charge < -0.3 is 19.5 Å². The van der Waals surface area contributed by atoms with Crippen LogP contribution in [-0.4, -0.2) is 43.3 Å². The van der Waals surface area contributed by atoms with Gasteiger partial charge in [-0.1, -0.05) is 0 Å². The SMILES string of the molecule is COC(=O)C=COC1CCC(NCC(=O)OC(C)(C)C)CC1. The molecule has 1 rings (SSSR count). The van der Waals surface area contributed by atoms with Crippen molar-refractivity contribution in [2.24, 2.45) is 0 Å². The van der Waals surface area contributed by atoms with Crippen molar-refractivity contribution in [2.75, 3.05) is 13.7 Å². The molecule has 0 amide bonds. The van der Waals surface area contributed by atoms with Gasteiger partial charge in [-0.25, -0.2) is 4.79 Å². The molecule has 0 heterocycles. The molecule has 1 saturated carbocycles. The quantitative estimate of drug-likeness (QED) is 0.459. The molecular weight excluding hydrogens is 286 g/mol. The van der Waals surface area contributed by atoms with E-state index >= 15 is 0 Å². The molecule has 0 aromatic heterocycles. The van der Waals surface area contributed by atoms with E-state index in [-0.39, 0.29) is 18.6 Å². The van der Waals surface area contributed by atoms with Gasteiger partial charge in [-0.3, -0.25) is 4.79 Å². The van der Waals surface area contributed by atoms with Crippen LogP contribution in [0.3, 0.4) is 0 Å². The largest absolute Gasteiger partial charge is 0.498 e. The molecular formula is C16H27NO5. The summed E-state index contributed by atoms with van der Waals surface area (Å²) < 4.78 is 15.2. The monoisotopic (exact) mass is 313 g/mol. The molecule has 0 aromatic carbocycles. The number of carbonyl (C=O) groups is 2. The predicted octanol–water partition coefficient (Wildman–Crippen LogP) is 1.93. The van der Waals surface area contributed by atoms with E-state index in [2.05, 4.69) is 10.1 Å². The van der Waals surface area contributed by atoms with Crippen LogP contribution in [0.25, 0.3) is 0 Å². The highest BCUT2D eigenvalue weighted by atomic mass is 16.6. The minimum Gasteiger partial charge on any atom is -0.498 e. The highest BCUT2D eigenvalue weighted by molar-refractivity contribution is 5.81. The Hall–Kier alpha value is -1.56. The summed E-state index contributed by atoms with van der Waals surface area (Å²) in [6.45, 7) is 5.80. The number of ether oxygens (including phenoxy) is 3. The second kappa shape index (κ2) is 8.78. The Morgan fingerprint density at radius 2 is 1.82 bits per heavy atom. The molecule has 0 bridgehead atoms. The van der Waals surface area contributed by atoms with Crippen LogP contribution in [0.5, 0.6) is 0 Å². The van der Waals surface area contributed by atoms with E-state index in [1.165, 1.54) is 19.4 Å². The lowest BCUT2D eigenvalue weighted by Gasteiger charge is -2.29. The van der Waals surface area contributed by atoms with Crippen LogP contribution >= 0.6 is 0 Å². The van der Waals surface area contributed by atoms with Crippen molar-refractivity contribution in [3.8, 4) is 0 Å². The van der Waals surface area contributed by atoms with Crippen LogP contribution in [0.2, 0.25) is 0 Å². The van der Waals surface area contributed by atoms with Crippen LogP contribution in [0.15, 0.2) is 12.3 Å². The number of nitrogens with one attached hydrogen (secondary N) is 1. The van der Waals surface area contributed by atoms with Crippen LogP contribution in [0.4, 0.5) is 0 Å². The van der Waals surface area contributed by atoms with Gasteiger partial charge in [0.25, 0.3) is 0 Å². The van der Waals surface area contributed by atoms with E-state index < -0.39 is 11.6 Å². The lowest BCUT2D eigenvalue weighted by atomic mass is 9.93. The Kier molecular flexibility index (Phi) is 7.38. The molecule has 22 heavy (non-hydrogen) atoms. The molecule has 0 spiro atoms. The molecule has 0 saturated heterocycles. The van der Waals surface area contributed by atoms with Crippen molar-refractivity contribution in [3.63, 3.8) is 0 Å². The second-order valence-electron chi connectivity index (χ2n) is 6.40. The van der Waals surface area contributed by atoms with E-state index in [1.54, 1.807) is 0 Å². The third kappa shape index (κ3) is 8.02. The van der Waals surface area contributed by atoms with Gasteiger partial charge >= 0.3 is 11.9 Å². The average molecular weight is 313 g/mol. The Bertz CT molecular complexity index is 392. The Balaban J connectivity index is 2.19. The number of methoxy groups -OCH3 is 1. The van der Waals surface area contributed by atoms with Crippen LogP contribution < -0.4 is 5.32 Å². The summed E-state index contributed by atoms with van der Waals surface area (Å²) in [7, 11) is 1.33. The first-order valence-electron chi connectivity index (χ1n) is 7.65. The molecule has 0 aromatic rings. The summed E-state index contributed by atoms with van der Waals surface area (Å²) in [5, 5.41) is 3.23. The smallest absolute Gasteiger partial charge is 0.333 e. The van der Waals surface area contributed by atoms with Crippen LogP contribution in [0, 0.1) is 0 Å². The minimum absolute atomic E-state index is 0.112. The summed E-state index contributed by atoms with van der Waals surface area (Å²) >= 11 is 0. The maximum atomic E-state index is 11.6. The van der Waals surface area contributed by atoms with Crippen molar-refractivity contribution in [1.82, 2.24) is 5.32 Å². The molecule has 0 atom stereocenters. The Morgan fingerprint density at radius 1 is 1.18 bits per heavy atom. The third-order valence-corrected chi connectivity index (χ3v) is 3.31. The molecule has 0 aliphatic heterocycles. The van der Waals surface area contributed by atoms with Gasteiger partial charge in [-0.05, 0) is 46.5 Å². The van der Waals surface area contributed by atoms with E-state index in [4.69, 9.17) is 9.47 Å². The molecule has 1 aliphatic carbocycles. The first-order valence-corrected chi connectivity index (χ1v) is 7.65. The molecule has 0 radical (unpaired) electrons. The van der Waals surface area contributed by atoms with Crippen molar-refractivity contribution in [1.29, 1.82) is 0 Å². The molecule has 126 valence electrons. The summed E-state index contributed by atoms with van der Waals surface area (Å²) in [5.41, 5.74) is -0.448. The van der Waals surface area contributed by atoms with Crippen molar-refractivity contribution >= 4 is 11.9 Å². The molecule has 1 aliphatic rings. The van der Waals surface area contributed by atoms with E-state index in [0.29, 0.717) is 6.04 Å². The van der Waals surface area contributed by atoms with Gasteiger partial charge in [-0.15, -0.1) is 0 Å². The fourth-order valence-corrected chi connectivity index (χ4v) is 2.28. The molecule has 6 heteroatoms. The topological polar surface area (TPSA) is 73.9 Å². The normalized spacial score (nSPS) is 22.4. The zero-order valence-corrected chi connectivity index (χ0v) is 13.9. The number of esters is 2. The van der Waals surface area contributed by atoms with Gasteiger partial charge in [0.15, 0.2) is 0 Å². The lowest BCUT2D eigenvalue weighted by molar-refractivity contribution is -0.153. The van der Waals surface area contributed by atoms with Gasteiger partial charge in [0.1, 0.15) is 5.60 Å². The van der Waals surface area contributed by atoms with Crippen molar-refractivity contribution < 1.29 is 23.8 Å². The fraction of sp³-hybridized carbons (Fsp3) is 0.750. The number of hydrogen-bond donors (Lipinski definition) is 1. The van der Waals surface area contributed by atoms with E-state index in [9.17, 15) is 9.59 Å². The first-order chi connectivity index (χ1) is 10.3. The number of hydrogen-bond acceptors (Lipinski definition) is 6. The fourth-order valence-electron chi connectivity index (χ4n) is 2.28. The Morgan fingerprint density at radius 3 is 2.36 bits per heavy atom. The molecule has 1 N–H and O–H groups in total. The lowest BCUT2D eigenvalue weighted by Crippen LogP contribution is -2.40. The predicted molar refractivity (Wildman–Crippen MR) is 82.1 cm³/mol. The highest BCUT2D eigenvalue weighted by Gasteiger charge is 2.23. The maximum Gasteiger partial charge on any atom is 0.333 e. The molecule has 1 fully saturated rings. The van der Waals surface area contributed by atoms with Gasteiger partial charge in [0.2, 0.25) is 0 Å². The minimum atomic E-state index is -0.448. The molecule has 0 unspecified atom stereocenters. The summed E-state index contributed by atoms with van der Waals surface area (Å²) in [6.07, 6.45) is 6.41. The summed E-state index contributed by atoms with van der Waals surface area (Å²) in [6, 6.07) is 0.303. The van der Waals surface area contributed by atoms with Crippen molar-refractivity contribution in [3.05, 3.63) is 12.3 Å². The highest BCUT2D eigenvalue weighted by Crippen LogP contribution is 2.21. The number of rotatable bonds is 6. The average Bonchev–Trinajstić information content (AvgIpc) is 2.44. The van der Waals surface area contributed by atoms with Crippen molar-refractivity contribution in [2.45, 2.75) is 64.2 Å².